The molecule has 0 spiro atoms. The van der Waals surface area contributed by atoms with Gasteiger partial charge in [0.05, 0.1) is 10.0 Å². The van der Waals surface area contributed by atoms with Crippen molar-refractivity contribution in [1.82, 2.24) is 4.98 Å². The fourth-order valence-corrected chi connectivity index (χ4v) is 1.98. The molecule has 0 saturated carbocycles. The second kappa shape index (κ2) is 5.69. The van der Waals surface area contributed by atoms with Gasteiger partial charge in [-0.2, -0.15) is 0 Å². The van der Waals surface area contributed by atoms with Gasteiger partial charge >= 0.3 is 0 Å². The van der Waals surface area contributed by atoms with Crippen molar-refractivity contribution < 1.29 is 4.79 Å². The zero-order valence-electron chi connectivity index (χ0n) is 8.95. The highest BCUT2D eigenvalue weighted by Crippen LogP contribution is 2.25. The fraction of sp³-hybridized carbons (Fsp3) is 0. The van der Waals surface area contributed by atoms with E-state index in [4.69, 9.17) is 23.2 Å². The second-order valence-corrected chi connectivity index (χ2v) is 5.08. The maximum atomic E-state index is 11.9. The lowest BCUT2D eigenvalue weighted by Crippen LogP contribution is -2.11. The number of nitrogens with zero attached hydrogens (tertiary/aromatic N) is 1. The number of amides is 1. The maximum absolute atomic E-state index is 11.9. The van der Waals surface area contributed by atoms with Crippen LogP contribution in [-0.4, -0.2) is 10.9 Å². The molecule has 1 amide bonds. The van der Waals surface area contributed by atoms with E-state index in [1.165, 1.54) is 0 Å². The Morgan fingerprint density at radius 1 is 1.17 bits per heavy atom. The quantitative estimate of drug-likeness (QED) is 0.819. The minimum atomic E-state index is -0.239. The minimum Gasteiger partial charge on any atom is -0.322 e. The zero-order valence-corrected chi connectivity index (χ0v) is 12.1. The first-order valence-electron chi connectivity index (χ1n) is 4.94. The predicted molar refractivity (Wildman–Crippen MR) is 76.4 cm³/mol. The summed E-state index contributed by atoms with van der Waals surface area (Å²) in [6.45, 7) is 0. The van der Waals surface area contributed by atoms with Crippen molar-refractivity contribution in [2.24, 2.45) is 0 Å². The summed E-state index contributed by atoms with van der Waals surface area (Å²) in [4.78, 5) is 15.9. The van der Waals surface area contributed by atoms with Crippen molar-refractivity contribution in [3.8, 4) is 0 Å². The molecule has 6 heteroatoms. The van der Waals surface area contributed by atoms with Gasteiger partial charge in [0.2, 0.25) is 0 Å². The SMILES string of the molecule is O=C(Nc1ccc(Cl)c(Cl)c1)c1ccnc(Br)c1. The lowest BCUT2D eigenvalue weighted by molar-refractivity contribution is 0.102. The molecule has 18 heavy (non-hydrogen) atoms. The molecule has 3 nitrogen and oxygen atoms in total. The molecule has 2 rings (SSSR count). The summed E-state index contributed by atoms with van der Waals surface area (Å²) in [5.41, 5.74) is 1.09. The molecule has 1 aromatic heterocycles. The topological polar surface area (TPSA) is 42.0 Å². The Morgan fingerprint density at radius 3 is 2.61 bits per heavy atom. The third-order valence-corrected chi connectivity index (χ3v) is 3.34. The molecule has 0 aliphatic carbocycles. The van der Waals surface area contributed by atoms with Gasteiger partial charge in [-0.3, -0.25) is 4.79 Å². The molecule has 0 fully saturated rings. The Balaban J connectivity index is 2.18. The molecule has 0 unspecified atom stereocenters. The van der Waals surface area contributed by atoms with Crippen molar-refractivity contribution >= 4 is 50.7 Å². The number of benzene rings is 1. The highest BCUT2D eigenvalue weighted by molar-refractivity contribution is 9.10. The summed E-state index contributed by atoms with van der Waals surface area (Å²) >= 11 is 14.9. The summed E-state index contributed by atoms with van der Waals surface area (Å²) in [5.74, 6) is -0.239. The van der Waals surface area contributed by atoms with Crippen molar-refractivity contribution in [2.75, 3.05) is 5.32 Å². The van der Waals surface area contributed by atoms with Crippen molar-refractivity contribution in [3.05, 3.63) is 56.7 Å². The number of rotatable bonds is 2. The molecule has 0 aliphatic rings. The highest BCUT2D eigenvalue weighted by atomic mass is 79.9. The zero-order chi connectivity index (χ0) is 13.1. The lowest BCUT2D eigenvalue weighted by atomic mass is 10.2. The van der Waals surface area contributed by atoms with Crippen LogP contribution in [0.5, 0.6) is 0 Å². The molecule has 0 bridgehead atoms. The summed E-state index contributed by atoms with van der Waals surface area (Å²) in [6.07, 6.45) is 1.55. The number of aromatic nitrogens is 1. The third kappa shape index (κ3) is 3.22. The second-order valence-electron chi connectivity index (χ2n) is 3.45. The van der Waals surface area contributed by atoms with Crippen molar-refractivity contribution in [3.63, 3.8) is 0 Å². The average molecular weight is 346 g/mol. The molecule has 0 saturated heterocycles. The van der Waals surface area contributed by atoms with Gasteiger partial charge in [0.1, 0.15) is 4.60 Å². The van der Waals surface area contributed by atoms with Crippen LogP contribution in [0.4, 0.5) is 5.69 Å². The number of hydrogen-bond acceptors (Lipinski definition) is 2. The van der Waals surface area contributed by atoms with Crippen LogP contribution in [-0.2, 0) is 0 Å². The van der Waals surface area contributed by atoms with Crippen LogP contribution in [0.1, 0.15) is 10.4 Å². The maximum Gasteiger partial charge on any atom is 0.255 e. The van der Waals surface area contributed by atoms with Gasteiger partial charge in [-0.25, -0.2) is 4.98 Å². The lowest BCUT2D eigenvalue weighted by Gasteiger charge is -2.06. The van der Waals surface area contributed by atoms with Gasteiger partial charge < -0.3 is 5.32 Å². The molecule has 2 aromatic rings. The van der Waals surface area contributed by atoms with Crippen molar-refractivity contribution in [2.45, 2.75) is 0 Å². The normalized spacial score (nSPS) is 10.2. The molecule has 0 atom stereocenters. The van der Waals surface area contributed by atoms with Gasteiger partial charge in [0.15, 0.2) is 0 Å². The van der Waals surface area contributed by atoms with Gasteiger partial charge in [0, 0.05) is 17.4 Å². The number of nitrogens with one attached hydrogen (secondary N) is 1. The standard InChI is InChI=1S/C12H7BrCl2N2O/c13-11-5-7(3-4-16-11)12(18)17-8-1-2-9(14)10(15)6-8/h1-6H,(H,17,18). The van der Waals surface area contributed by atoms with Crippen LogP contribution < -0.4 is 5.32 Å². The molecular weight excluding hydrogens is 339 g/mol. The first-order chi connectivity index (χ1) is 8.56. The van der Waals surface area contributed by atoms with E-state index in [1.807, 2.05) is 0 Å². The van der Waals surface area contributed by atoms with Crippen LogP contribution in [0.15, 0.2) is 41.1 Å². The summed E-state index contributed by atoms with van der Waals surface area (Å²) < 4.78 is 0.601. The first kappa shape index (κ1) is 13.3. The van der Waals surface area contributed by atoms with Gasteiger partial charge in [-0.1, -0.05) is 23.2 Å². The summed E-state index contributed by atoms with van der Waals surface area (Å²) in [5, 5.41) is 3.56. The van der Waals surface area contributed by atoms with Crippen LogP contribution >= 0.6 is 39.1 Å². The van der Waals surface area contributed by atoms with E-state index < -0.39 is 0 Å². The Labute approximate surface area is 122 Å². The third-order valence-electron chi connectivity index (χ3n) is 2.17. The highest BCUT2D eigenvalue weighted by Gasteiger charge is 2.07. The molecule has 92 valence electrons. The Hall–Kier alpha value is -1.10. The first-order valence-corrected chi connectivity index (χ1v) is 6.49. The van der Waals surface area contributed by atoms with Gasteiger partial charge in [0.25, 0.3) is 5.91 Å². The molecule has 1 N–H and O–H groups in total. The van der Waals surface area contributed by atoms with E-state index in [0.717, 1.165) is 0 Å². The van der Waals surface area contributed by atoms with E-state index in [-0.39, 0.29) is 5.91 Å². The number of carbonyl (C=O) groups is 1. The number of carbonyl (C=O) groups excluding carboxylic acids is 1. The van der Waals surface area contributed by atoms with Crippen LogP contribution in [0.25, 0.3) is 0 Å². The van der Waals surface area contributed by atoms with Crippen LogP contribution in [0.3, 0.4) is 0 Å². The van der Waals surface area contributed by atoms with E-state index in [0.29, 0.717) is 25.9 Å². The monoisotopic (exact) mass is 344 g/mol. The number of halogens is 3. The minimum absolute atomic E-state index is 0.239. The number of hydrogen-bond donors (Lipinski definition) is 1. The molecule has 1 aromatic carbocycles. The number of anilines is 1. The molecule has 0 radical (unpaired) electrons. The average Bonchev–Trinajstić information content (AvgIpc) is 2.34. The Bertz CT molecular complexity index is 604. The smallest absolute Gasteiger partial charge is 0.255 e. The van der Waals surface area contributed by atoms with Gasteiger partial charge in [-0.05, 0) is 46.3 Å². The van der Waals surface area contributed by atoms with Crippen molar-refractivity contribution in [1.29, 1.82) is 0 Å². The fourth-order valence-electron chi connectivity index (χ4n) is 1.32. The largest absolute Gasteiger partial charge is 0.322 e. The Kier molecular flexibility index (Phi) is 4.22. The van der Waals surface area contributed by atoms with Gasteiger partial charge in [-0.15, -0.1) is 0 Å². The summed E-state index contributed by atoms with van der Waals surface area (Å²) in [7, 11) is 0. The summed E-state index contributed by atoms with van der Waals surface area (Å²) in [6, 6.07) is 8.16. The molecule has 1 heterocycles. The Morgan fingerprint density at radius 2 is 1.94 bits per heavy atom. The van der Waals surface area contributed by atoms with E-state index in [9.17, 15) is 4.79 Å². The van der Waals surface area contributed by atoms with Crippen LogP contribution in [0, 0.1) is 0 Å². The number of pyridine rings is 1. The van der Waals surface area contributed by atoms with E-state index in [2.05, 4.69) is 26.2 Å². The predicted octanol–water partition coefficient (Wildman–Crippen LogP) is 4.40. The van der Waals surface area contributed by atoms with E-state index in [1.54, 1.807) is 36.5 Å². The van der Waals surface area contributed by atoms with E-state index >= 15 is 0 Å². The molecule has 0 aliphatic heterocycles. The van der Waals surface area contributed by atoms with Crippen LogP contribution in [0.2, 0.25) is 10.0 Å². The molecular formula is C12H7BrCl2N2O.